The smallest absolute Gasteiger partial charge is 0.320 e. The molecule has 0 saturated heterocycles. The van der Waals surface area contributed by atoms with Crippen LogP contribution < -0.4 is 10.6 Å². The van der Waals surface area contributed by atoms with Crippen molar-refractivity contribution in [2.24, 2.45) is 0 Å². The summed E-state index contributed by atoms with van der Waals surface area (Å²) in [5, 5.41) is 15.0. The largest absolute Gasteiger partial charge is 0.406 e. The first-order chi connectivity index (χ1) is 9.10. The lowest BCUT2D eigenvalue weighted by Crippen LogP contribution is -2.17. The Bertz CT molecular complexity index is 558. The minimum absolute atomic E-state index is 0.0156. The standard InChI is InChI=1S/C12H14Cl2N4O/c1-3-15-7(2)11-17-18-12(19-11)16-8-4-5-9(13)10(14)6-8/h4-7,15H,3H2,1-2H3,(H,16,18). The van der Waals surface area contributed by atoms with Crippen LogP contribution in [0.15, 0.2) is 22.6 Å². The van der Waals surface area contributed by atoms with Gasteiger partial charge in [-0.1, -0.05) is 35.2 Å². The zero-order valence-corrected chi connectivity index (χ0v) is 12.1. The second-order valence-electron chi connectivity index (χ2n) is 3.98. The Morgan fingerprint density at radius 1 is 1.26 bits per heavy atom. The van der Waals surface area contributed by atoms with Crippen molar-refractivity contribution in [3.05, 3.63) is 34.1 Å². The van der Waals surface area contributed by atoms with Gasteiger partial charge in [0.2, 0.25) is 5.89 Å². The summed E-state index contributed by atoms with van der Waals surface area (Å²) in [7, 11) is 0. The Balaban J connectivity index is 2.09. The van der Waals surface area contributed by atoms with Crippen molar-refractivity contribution in [3.8, 4) is 0 Å². The topological polar surface area (TPSA) is 63.0 Å². The molecule has 0 aliphatic heterocycles. The molecule has 102 valence electrons. The van der Waals surface area contributed by atoms with Gasteiger partial charge in [0.1, 0.15) is 0 Å². The van der Waals surface area contributed by atoms with E-state index in [-0.39, 0.29) is 6.04 Å². The van der Waals surface area contributed by atoms with Crippen LogP contribution in [-0.4, -0.2) is 16.7 Å². The summed E-state index contributed by atoms with van der Waals surface area (Å²) in [5.74, 6) is 0.532. The first kappa shape index (κ1) is 14.1. The van der Waals surface area contributed by atoms with Crippen LogP contribution in [0.1, 0.15) is 25.8 Å². The van der Waals surface area contributed by atoms with Gasteiger partial charge in [-0.15, -0.1) is 5.10 Å². The van der Waals surface area contributed by atoms with Gasteiger partial charge in [-0.2, -0.15) is 0 Å². The molecule has 0 radical (unpaired) electrons. The van der Waals surface area contributed by atoms with Gasteiger partial charge >= 0.3 is 6.01 Å². The van der Waals surface area contributed by atoms with Crippen LogP contribution in [-0.2, 0) is 0 Å². The van der Waals surface area contributed by atoms with Crippen LogP contribution >= 0.6 is 23.2 Å². The van der Waals surface area contributed by atoms with E-state index in [9.17, 15) is 0 Å². The summed E-state index contributed by atoms with van der Waals surface area (Å²) < 4.78 is 5.50. The Labute approximate surface area is 121 Å². The normalized spacial score (nSPS) is 12.4. The Hall–Kier alpha value is -1.30. The third-order valence-electron chi connectivity index (χ3n) is 2.49. The van der Waals surface area contributed by atoms with Gasteiger partial charge in [-0.25, -0.2) is 0 Å². The van der Waals surface area contributed by atoms with Gasteiger partial charge in [0.05, 0.1) is 16.1 Å². The molecule has 1 heterocycles. The van der Waals surface area contributed by atoms with E-state index in [1.54, 1.807) is 18.2 Å². The van der Waals surface area contributed by atoms with Crippen molar-refractivity contribution in [2.75, 3.05) is 11.9 Å². The molecule has 2 N–H and O–H groups in total. The third kappa shape index (κ3) is 3.59. The van der Waals surface area contributed by atoms with Crippen molar-refractivity contribution in [3.63, 3.8) is 0 Å². The molecule has 0 spiro atoms. The van der Waals surface area contributed by atoms with Crippen molar-refractivity contribution in [1.29, 1.82) is 0 Å². The average Bonchev–Trinajstić information content (AvgIpc) is 2.83. The van der Waals surface area contributed by atoms with Crippen molar-refractivity contribution in [1.82, 2.24) is 15.5 Å². The average molecular weight is 301 g/mol. The number of anilines is 2. The monoisotopic (exact) mass is 300 g/mol. The molecule has 5 nitrogen and oxygen atoms in total. The molecule has 0 aliphatic carbocycles. The molecule has 0 bridgehead atoms. The highest BCUT2D eigenvalue weighted by Crippen LogP contribution is 2.26. The lowest BCUT2D eigenvalue weighted by Gasteiger charge is -2.06. The minimum atomic E-state index is 0.0156. The maximum Gasteiger partial charge on any atom is 0.320 e. The molecule has 0 fully saturated rings. The van der Waals surface area contributed by atoms with Gasteiger partial charge in [-0.05, 0) is 31.7 Å². The summed E-state index contributed by atoms with van der Waals surface area (Å²) in [6.07, 6.45) is 0. The number of benzene rings is 1. The Morgan fingerprint density at radius 2 is 2.05 bits per heavy atom. The molecule has 2 rings (SSSR count). The van der Waals surface area contributed by atoms with E-state index in [0.717, 1.165) is 12.2 Å². The number of nitrogens with one attached hydrogen (secondary N) is 2. The van der Waals surface area contributed by atoms with Crippen molar-refractivity contribution in [2.45, 2.75) is 19.9 Å². The molecule has 19 heavy (non-hydrogen) atoms. The molecule has 1 aromatic heterocycles. The lowest BCUT2D eigenvalue weighted by molar-refractivity contribution is 0.430. The van der Waals surface area contributed by atoms with Crippen LogP contribution in [0.2, 0.25) is 10.0 Å². The highest BCUT2D eigenvalue weighted by Gasteiger charge is 2.12. The van der Waals surface area contributed by atoms with Crippen molar-refractivity contribution >= 4 is 34.9 Å². The predicted octanol–water partition coefficient (Wildman–Crippen LogP) is 3.79. The van der Waals surface area contributed by atoms with Crippen LogP contribution in [0.3, 0.4) is 0 Å². The van der Waals surface area contributed by atoms with E-state index in [1.165, 1.54) is 0 Å². The first-order valence-electron chi connectivity index (χ1n) is 5.89. The Morgan fingerprint density at radius 3 is 2.74 bits per heavy atom. The molecule has 1 atom stereocenters. The van der Waals surface area contributed by atoms with Gasteiger partial charge in [0.15, 0.2) is 0 Å². The lowest BCUT2D eigenvalue weighted by atomic mass is 10.3. The molecule has 1 aromatic carbocycles. The fourth-order valence-corrected chi connectivity index (χ4v) is 1.85. The van der Waals surface area contributed by atoms with E-state index in [2.05, 4.69) is 20.8 Å². The summed E-state index contributed by atoms with van der Waals surface area (Å²) in [6, 6.07) is 5.51. The molecule has 0 aliphatic rings. The van der Waals surface area contributed by atoms with Crippen molar-refractivity contribution < 1.29 is 4.42 Å². The second-order valence-corrected chi connectivity index (χ2v) is 4.79. The number of nitrogens with zero attached hydrogens (tertiary/aromatic N) is 2. The quantitative estimate of drug-likeness (QED) is 0.879. The molecular formula is C12H14Cl2N4O. The zero-order valence-electron chi connectivity index (χ0n) is 10.6. The van der Waals surface area contributed by atoms with E-state index in [4.69, 9.17) is 27.6 Å². The zero-order chi connectivity index (χ0) is 13.8. The summed E-state index contributed by atoms with van der Waals surface area (Å²) in [6.45, 7) is 4.81. The predicted molar refractivity (Wildman–Crippen MR) is 76.1 cm³/mol. The Kier molecular flexibility index (Phi) is 4.63. The van der Waals surface area contributed by atoms with E-state index >= 15 is 0 Å². The van der Waals surface area contributed by atoms with Gasteiger partial charge in [0, 0.05) is 5.69 Å². The van der Waals surface area contributed by atoms with E-state index in [0.29, 0.717) is 22.0 Å². The molecule has 7 heteroatoms. The minimum Gasteiger partial charge on any atom is -0.406 e. The molecular weight excluding hydrogens is 287 g/mol. The van der Waals surface area contributed by atoms with Crippen LogP contribution in [0.5, 0.6) is 0 Å². The summed E-state index contributed by atoms with van der Waals surface area (Å²) >= 11 is 11.8. The first-order valence-corrected chi connectivity index (χ1v) is 6.64. The van der Waals surface area contributed by atoms with Crippen LogP contribution in [0.4, 0.5) is 11.7 Å². The van der Waals surface area contributed by atoms with Gasteiger partial charge in [0.25, 0.3) is 0 Å². The highest BCUT2D eigenvalue weighted by molar-refractivity contribution is 6.42. The van der Waals surface area contributed by atoms with E-state index in [1.807, 2.05) is 13.8 Å². The fourth-order valence-electron chi connectivity index (χ4n) is 1.55. The number of halogens is 2. The van der Waals surface area contributed by atoms with Crippen LogP contribution in [0, 0.1) is 0 Å². The van der Waals surface area contributed by atoms with Gasteiger partial charge < -0.3 is 15.1 Å². The number of aromatic nitrogens is 2. The maximum absolute atomic E-state index is 5.93. The summed E-state index contributed by atoms with van der Waals surface area (Å²) in [4.78, 5) is 0. The highest BCUT2D eigenvalue weighted by atomic mass is 35.5. The van der Waals surface area contributed by atoms with Gasteiger partial charge in [-0.3, -0.25) is 0 Å². The van der Waals surface area contributed by atoms with E-state index < -0.39 is 0 Å². The molecule has 0 amide bonds. The number of hydrogen-bond acceptors (Lipinski definition) is 5. The number of hydrogen-bond donors (Lipinski definition) is 2. The fraction of sp³-hybridized carbons (Fsp3) is 0.333. The second kappa shape index (κ2) is 6.23. The molecule has 0 saturated carbocycles. The number of rotatable bonds is 5. The molecule has 1 unspecified atom stereocenters. The third-order valence-corrected chi connectivity index (χ3v) is 3.23. The maximum atomic E-state index is 5.93. The van der Waals surface area contributed by atoms with Crippen LogP contribution in [0.25, 0.3) is 0 Å². The SMILES string of the molecule is CCNC(C)c1nnc(Nc2ccc(Cl)c(Cl)c2)o1. The summed E-state index contributed by atoms with van der Waals surface area (Å²) in [5.41, 5.74) is 0.737. The molecule has 2 aromatic rings.